The quantitative estimate of drug-likeness (QED) is 0.0335. The van der Waals surface area contributed by atoms with Crippen LogP contribution in [0.25, 0.3) is 0 Å². The maximum atomic E-state index is 15.6. The van der Waals surface area contributed by atoms with Gasteiger partial charge in [0.1, 0.15) is 90.4 Å². The van der Waals surface area contributed by atoms with Crippen LogP contribution in [0.3, 0.4) is 0 Å². The van der Waals surface area contributed by atoms with Gasteiger partial charge in [-0.3, -0.25) is 9.59 Å². The Hall–Kier alpha value is -2.12. The van der Waals surface area contributed by atoms with Crippen molar-refractivity contribution < 1.29 is 139 Å². The lowest BCUT2D eigenvalue weighted by atomic mass is 9.33. The van der Waals surface area contributed by atoms with Gasteiger partial charge in [0.25, 0.3) is 0 Å². The first kappa shape index (κ1) is 65.8. The number of rotatable bonds is 14. The maximum Gasteiger partial charge on any atom is 0.322 e. The molecule has 28 heteroatoms. The van der Waals surface area contributed by atoms with Crippen LogP contribution in [-0.4, -0.2) is 281 Å². The summed E-state index contributed by atoms with van der Waals surface area (Å²) < 4.78 is 58.3. The zero-order valence-corrected chi connectivity index (χ0v) is 48.7. The Morgan fingerprint density at radius 1 is 0.624 bits per heavy atom. The molecule has 28 nitrogen and oxygen atoms in total. The summed E-state index contributed by atoms with van der Waals surface area (Å²) >= 11 is 0. The SMILES string of the molecule is C[C@@H]1O[C@@H](O[C@H]2[C@H](OC(=O)[C@]34CCC(C)(C)C[C@H]3C3=CC[C@@H]5[C@@]6(C)C[C@H](O)[C@H](O[C@@H]7O[C@H](CO)[C@@H](O)[C@H](O)[C@H]7O)C(CO)(CO)[C@@H]6CC[C@@]5(C)[C@]3(C)CC4=O)OC[C@H](O)[C@@H]2O)[C@H](O)[C@H](O)[C@H]1O[C@@H]1OC[C@@H](O)[C@H](O[C@@H]2OC[C@](O)(CO)[C@H]2O)[C@H]1O. The highest BCUT2D eigenvalue weighted by molar-refractivity contribution is 6.06. The number of hydrogen-bond donors (Lipinski definition) is 16. The fourth-order valence-corrected chi connectivity index (χ4v) is 17.2. The second kappa shape index (κ2) is 23.8. The van der Waals surface area contributed by atoms with Crippen LogP contribution >= 0.6 is 0 Å². The van der Waals surface area contributed by atoms with Gasteiger partial charge in [-0.1, -0.05) is 46.3 Å². The fourth-order valence-electron chi connectivity index (χ4n) is 17.2. The monoisotopic (exact) mass is 1220 g/mol. The molecule has 85 heavy (non-hydrogen) atoms. The van der Waals surface area contributed by atoms with E-state index in [0.29, 0.717) is 32.1 Å². The average Bonchev–Trinajstić information content (AvgIpc) is 0.951. The molecule has 486 valence electrons. The van der Waals surface area contributed by atoms with Crippen LogP contribution in [0.15, 0.2) is 11.6 Å². The maximum absolute atomic E-state index is 15.6. The molecule has 5 heterocycles. The number of Topliss-reactive ketones (excluding diaryl/α,β-unsaturated/α-hetero) is 1. The average molecular weight is 1220 g/mol. The first-order valence-corrected chi connectivity index (χ1v) is 29.7. The molecule has 30 atom stereocenters. The van der Waals surface area contributed by atoms with Crippen LogP contribution in [-0.2, 0) is 57.0 Å². The summed E-state index contributed by atoms with van der Waals surface area (Å²) in [5, 5.41) is 175. The second-order valence-electron chi connectivity index (χ2n) is 27.7. The molecule has 5 saturated heterocycles. The standard InChI is InChI=1S/C57H90O28/c1-23-40(81-45-39(72)41(28(64)18-76-45)82-49-43(73)56(75,21-61)22-78-49)36(69)38(71)46(79-23)83-42-33(66)27(63)17-77-48(42)85-50(74)57-12-11-51(2,3)13-25(57)24-7-8-30-52(4)14-26(62)44(84-47-37(70)35(68)34(67)29(16-58)80-47)55(19-59,20-60)31(52)9-10-53(30,5)54(24,6)15-32(57)65/h7,23,25-31,33-49,58-64,66-73,75H,8-22H2,1-6H3/t23-,25-,26-,27-,28+,29+,30+,31+,33-,34+,35-,36-,37+,38+,39+,40-,41-,42+,43-,44-,45-,46-,47-,48-,49-,52+,53+,54+,56+,57+/m0/s1. The van der Waals surface area contributed by atoms with Crippen molar-refractivity contribution in [2.75, 3.05) is 46.2 Å². The molecule has 0 aromatic rings. The number of ketones is 1. The number of ether oxygens (including phenoxy) is 10. The van der Waals surface area contributed by atoms with Crippen LogP contribution in [0.4, 0.5) is 0 Å². The molecule has 5 aliphatic heterocycles. The summed E-state index contributed by atoms with van der Waals surface area (Å²) in [5.41, 5.74) is -7.37. The Morgan fingerprint density at radius 2 is 1.26 bits per heavy atom. The molecule has 9 fully saturated rings. The van der Waals surface area contributed by atoms with Gasteiger partial charge in [-0.2, -0.15) is 0 Å². The second-order valence-corrected chi connectivity index (χ2v) is 27.7. The Morgan fingerprint density at radius 3 is 1.92 bits per heavy atom. The van der Waals surface area contributed by atoms with Gasteiger partial charge < -0.3 is 129 Å². The van der Waals surface area contributed by atoms with Crippen LogP contribution in [0.5, 0.6) is 0 Å². The lowest BCUT2D eigenvalue weighted by molar-refractivity contribution is -0.372. The number of aliphatic hydroxyl groups is 16. The van der Waals surface area contributed by atoms with Crippen LogP contribution in [0, 0.1) is 50.2 Å². The van der Waals surface area contributed by atoms with Crippen molar-refractivity contribution in [1.29, 1.82) is 0 Å². The van der Waals surface area contributed by atoms with E-state index in [2.05, 4.69) is 26.8 Å². The molecule has 16 N–H and O–H groups in total. The van der Waals surface area contributed by atoms with Crippen molar-refractivity contribution >= 4 is 11.8 Å². The molecule has 10 rings (SSSR count). The molecule has 0 aromatic heterocycles. The van der Waals surface area contributed by atoms with E-state index in [-0.39, 0.29) is 30.6 Å². The minimum Gasteiger partial charge on any atom is -0.432 e. The molecule has 5 aliphatic carbocycles. The third-order valence-electron chi connectivity index (χ3n) is 22.4. The molecule has 0 unspecified atom stereocenters. The normalized spacial score (nSPS) is 53.1. The largest absolute Gasteiger partial charge is 0.432 e. The first-order valence-electron chi connectivity index (χ1n) is 29.7. The molecule has 0 amide bonds. The minimum absolute atomic E-state index is 0.0703. The summed E-state index contributed by atoms with van der Waals surface area (Å²) in [6, 6.07) is 0. The number of carbonyl (C=O) groups excluding carboxylic acids is 2. The molecule has 0 spiro atoms. The van der Waals surface area contributed by atoms with E-state index in [0.717, 1.165) is 5.57 Å². The number of allylic oxidation sites excluding steroid dienone is 2. The van der Waals surface area contributed by atoms with E-state index in [1.807, 2.05) is 13.8 Å². The third kappa shape index (κ3) is 10.5. The van der Waals surface area contributed by atoms with Gasteiger partial charge >= 0.3 is 5.97 Å². The van der Waals surface area contributed by atoms with Gasteiger partial charge in [-0.25, -0.2) is 0 Å². The van der Waals surface area contributed by atoms with E-state index in [4.69, 9.17) is 47.4 Å². The summed E-state index contributed by atoms with van der Waals surface area (Å²) in [6.07, 6.45) is -32.3. The van der Waals surface area contributed by atoms with Crippen molar-refractivity contribution in [1.82, 2.24) is 0 Å². The van der Waals surface area contributed by atoms with Gasteiger partial charge in [0, 0.05) is 23.2 Å². The highest BCUT2D eigenvalue weighted by Gasteiger charge is 2.74. The number of fused-ring (bicyclic) bond motifs is 7. The Kier molecular flexibility index (Phi) is 18.5. The molecule has 10 aliphatic rings. The van der Waals surface area contributed by atoms with E-state index in [1.165, 1.54) is 6.92 Å². The van der Waals surface area contributed by atoms with Crippen molar-refractivity contribution in [3.63, 3.8) is 0 Å². The predicted octanol–water partition coefficient (Wildman–Crippen LogP) is -5.17. The molecular formula is C57H90O28. The minimum atomic E-state index is -2.08. The number of hydrogen-bond acceptors (Lipinski definition) is 28. The fraction of sp³-hybridized carbons (Fsp3) is 0.930. The van der Waals surface area contributed by atoms with Gasteiger partial charge in [0.2, 0.25) is 6.29 Å². The highest BCUT2D eigenvalue weighted by Crippen LogP contribution is 2.75. The van der Waals surface area contributed by atoms with Crippen molar-refractivity contribution in [2.45, 2.75) is 234 Å². The summed E-state index contributed by atoms with van der Waals surface area (Å²) in [5.74, 6) is -2.91. The van der Waals surface area contributed by atoms with E-state index < -0.39 is 238 Å². The zero-order valence-electron chi connectivity index (χ0n) is 48.7. The lowest BCUT2D eigenvalue weighted by Crippen LogP contribution is -2.71. The van der Waals surface area contributed by atoms with Crippen LogP contribution in [0.2, 0.25) is 0 Å². The summed E-state index contributed by atoms with van der Waals surface area (Å²) in [7, 11) is 0. The highest BCUT2D eigenvalue weighted by atomic mass is 16.8. The molecular weight excluding hydrogens is 1130 g/mol. The topological polar surface area (TPSA) is 450 Å². The zero-order chi connectivity index (χ0) is 62.1. The van der Waals surface area contributed by atoms with Gasteiger partial charge in [0.15, 0.2) is 37.0 Å². The number of aliphatic hydroxyl groups excluding tert-OH is 15. The Labute approximate surface area is 491 Å². The third-order valence-corrected chi connectivity index (χ3v) is 22.4. The van der Waals surface area contributed by atoms with E-state index >= 15 is 9.59 Å². The molecule has 0 radical (unpaired) electrons. The molecule has 4 saturated carbocycles. The first-order chi connectivity index (χ1) is 39.9. The Balaban J connectivity index is 0.865. The number of esters is 1. The van der Waals surface area contributed by atoms with Crippen LogP contribution < -0.4 is 0 Å². The smallest absolute Gasteiger partial charge is 0.322 e. The lowest BCUT2D eigenvalue weighted by Gasteiger charge is -2.71. The Bertz CT molecular complexity index is 2430. The summed E-state index contributed by atoms with van der Waals surface area (Å²) in [4.78, 5) is 31.0. The van der Waals surface area contributed by atoms with Gasteiger partial charge in [0.05, 0.1) is 64.6 Å². The summed E-state index contributed by atoms with van der Waals surface area (Å²) in [6.45, 7) is 7.15. The molecule has 0 aromatic carbocycles. The van der Waals surface area contributed by atoms with Gasteiger partial charge in [-0.15, -0.1) is 0 Å². The molecule has 0 bridgehead atoms. The van der Waals surface area contributed by atoms with Crippen LogP contribution in [0.1, 0.15) is 92.9 Å². The number of carbonyl (C=O) groups is 2. The van der Waals surface area contributed by atoms with Crippen molar-refractivity contribution in [2.24, 2.45) is 50.2 Å². The predicted molar refractivity (Wildman–Crippen MR) is 281 cm³/mol. The van der Waals surface area contributed by atoms with Crippen molar-refractivity contribution in [3.8, 4) is 0 Å². The van der Waals surface area contributed by atoms with E-state index in [9.17, 15) is 81.7 Å². The van der Waals surface area contributed by atoms with Gasteiger partial charge in [-0.05, 0) is 80.0 Å². The van der Waals surface area contributed by atoms with Crippen molar-refractivity contribution in [3.05, 3.63) is 11.6 Å². The van der Waals surface area contributed by atoms with E-state index in [1.54, 1.807) is 0 Å².